The van der Waals surface area contributed by atoms with Gasteiger partial charge in [-0.15, -0.1) is 10.2 Å². The van der Waals surface area contributed by atoms with E-state index in [2.05, 4.69) is 10.2 Å². The zero-order valence-electron chi connectivity index (χ0n) is 8.29. The molecular formula is C10H11N3O2. The summed E-state index contributed by atoms with van der Waals surface area (Å²) in [6, 6.07) is 7.44. The van der Waals surface area contributed by atoms with Gasteiger partial charge in [0.05, 0.1) is 7.11 Å². The van der Waals surface area contributed by atoms with E-state index in [0.717, 1.165) is 11.4 Å². The Kier molecular flexibility index (Phi) is 2.64. The van der Waals surface area contributed by atoms with Gasteiger partial charge < -0.3 is 9.84 Å². The average Bonchev–Trinajstić information content (AvgIpc) is 2.77. The minimum atomic E-state index is -0.133. The molecule has 0 bridgehead atoms. The fourth-order valence-electron chi connectivity index (χ4n) is 1.33. The second-order valence-electron chi connectivity index (χ2n) is 2.97. The predicted molar refractivity (Wildman–Crippen MR) is 53.8 cm³/mol. The highest BCUT2D eigenvalue weighted by atomic mass is 16.5. The quantitative estimate of drug-likeness (QED) is 0.804. The average molecular weight is 205 g/mol. The molecule has 5 heteroatoms. The molecule has 0 aliphatic rings. The van der Waals surface area contributed by atoms with Crippen LogP contribution in [0.5, 0.6) is 5.75 Å². The molecule has 1 N–H and O–H groups in total. The first-order valence-electron chi connectivity index (χ1n) is 4.49. The molecule has 1 heterocycles. The van der Waals surface area contributed by atoms with Gasteiger partial charge in [-0.3, -0.25) is 4.57 Å². The third-order valence-corrected chi connectivity index (χ3v) is 2.11. The van der Waals surface area contributed by atoms with Crippen LogP contribution in [0.4, 0.5) is 0 Å². The van der Waals surface area contributed by atoms with Gasteiger partial charge in [0.25, 0.3) is 0 Å². The van der Waals surface area contributed by atoms with Crippen LogP contribution in [0.3, 0.4) is 0 Å². The van der Waals surface area contributed by atoms with E-state index in [-0.39, 0.29) is 6.61 Å². The second kappa shape index (κ2) is 4.10. The van der Waals surface area contributed by atoms with Crippen molar-refractivity contribution in [3.05, 3.63) is 36.4 Å². The van der Waals surface area contributed by atoms with Crippen molar-refractivity contribution in [3.63, 3.8) is 0 Å². The normalized spacial score (nSPS) is 10.3. The van der Waals surface area contributed by atoms with Gasteiger partial charge in [0.1, 0.15) is 18.7 Å². The largest absolute Gasteiger partial charge is 0.497 e. The lowest BCUT2D eigenvalue weighted by Crippen LogP contribution is -1.99. The van der Waals surface area contributed by atoms with Crippen LogP contribution in [-0.2, 0) is 6.61 Å². The molecule has 2 rings (SSSR count). The molecule has 0 atom stereocenters. The van der Waals surface area contributed by atoms with Gasteiger partial charge in [0.2, 0.25) is 0 Å². The maximum Gasteiger partial charge on any atom is 0.163 e. The molecule has 78 valence electrons. The summed E-state index contributed by atoms with van der Waals surface area (Å²) in [4.78, 5) is 0. The molecule has 0 fully saturated rings. The van der Waals surface area contributed by atoms with Crippen molar-refractivity contribution in [1.82, 2.24) is 14.8 Å². The van der Waals surface area contributed by atoms with Crippen LogP contribution in [0.1, 0.15) is 5.82 Å². The lowest BCUT2D eigenvalue weighted by Gasteiger charge is -2.05. The number of hydrogen-bond donors (Lipinski definition) is 1. The van der Waals surface area contributed by atoms with E-state index in [1.54, 1.807) is 18.0 Å². The lowest BCUT2D eigenvalue weighted by molar-refractivity contribution is 0.269. The molecule has 0 aliphatic heterocycles. The fourth-order valence-corrected chi connectivity index (χ4v) is 1.33. The van der Waals surface area contributed by atoms with E-state index >= 15 is 0 Å². The Morgan fingerprint density at radius 1 is 1.33 bits per heavy atom. The zero-order chi connectivity index (χ0) is 10.7. The van der Waals surface area contributed by atoms with Crippen LogP contribution in [0.25, 0.3) is 5.69 Å². The van der Waals surface area contributed by atoms with E-state index in [4.69, 9.17) is 9.84 Å². The number of benzene rings is 1. The van der Waals surface area contributed by atoms with E-state index in [1.165, 1.54) is 0 Å². The van der Waals surface area contributed by atoms with Gasteiger partial charge in [-0.25, -0.2) is 0 Å². The summed E-state index contributed by atoms with van der Waals surface area (Å²) in [6.07, 6.45) is 1.56. The Morgan fingerprint density at radius 2 is 2.07 bits per heavy atom. The highest BCUT2D eigenvalue weighted by Gasteiger charge is 2.04. The van der Waals surface area contributed by atoms with Gasteiger partial charge >= 0.3 is 0 Å². The Hall–Kier alpha value is -1.88. The van der Waals surface area contributed by atoms with Crippen LogP contribution in [0.2, 0.25) is 0 Å². The Balaban J connectivity index is 2.37. The molecule has 1 aromatic carbocycles. The summed E-state index contributed by atoms with van der Waals surface area (Å²) >= 11 is 0. The number of aromatic nitrogens is 3. The second-order valence-corrected chi connectivity index (χ2v) is 2.97. The molecule has 2 aromatic rings. The van der Waals surface area contributed by atoms with E-state index < -0.39 is 0 Å². The van der Waals surface area contributed by atoms with E-state index in [1.807, 2.05) is 24.3 Å². The fraction of sp³-hybridized carbons (Fsp3) is 0.200. The van der Waals surface area contributed by atoms with Crippen LogP contribution < -0.4 is 4.74 Å². The van der Waals surface area contributed by atoms with Crippen molar-refractivity contribution >= 4 is 0 Å². The predicted octanol–water partition coefficient (Wildman–Crippen LogP) is 0.768. The molecule has 0 saturated carbocycles. The molecule has 0 aliphatic carbocycles. The Labute approximate surface area is 87.0 Å². The number of methoxy groups -OCH3 is 1. The molecule has 0 saturated heterocycles. The number of aliphatic hydroxyl groups is 1. The zero-order valence-corrected chi connectivity index (χ0v) is 8.29. The maximum atomic E-state index is 9.02. The van der Waals surface area contributed by atoms with Gasteiger partial charge in [-0.05, 0) is 24.3 Å². The van der Waals surface area contributed by atoms with Crippen LogP contribution in [0.15, 0.2) is 30.6 Å². The lowest BCUT2D eigenvalue weighted by atomic mass is 10.3. The molecule has 0 radical (unpaired) electrons. The minimum Gasteiger partial charge on any atom is -0.497 e. The van der Waals surface area contributed by atoms with Crippen molar-refractivity contribution in [2.75, 3.05) is 7.11 Å². The summed E-state index contributed by atoms with van der Waals surface area (Å²) in [5, 5.41) is 16.5. The van der Waals surface area contributed by atoms with Crippen molar-refractivity contribution in [2.45, 2.75) is 6.61 Å². The third-order valence-electron chi connectivity index (χ3n) is 2.11. The molecule has 0 amide bonds. The topological polar surface area (TPSA) is 60.2 Å². The molecule has 0 unspecified atom stereocenters. The highest BCUT2D eigenvalue weighted by Crippen LogP contribution is 2.15. The van der Waals surface area contributed by atoms with E-state index in [0.29, 0.717) is 5.82 Å². The van der Waals surface area contributed by atoms with Gasteiger partial charge in [-0.1, -0.05) is 0 Å². The number of aliphatic hydroxyl groups excluding tert-OH is 1. The van der Waals surface area contributed by atoms with Gasteiger partial charge in [-0.2, -0.15) is 0 Å². The first-order chi connectivity index (χ1) is 7.35. The van der Waals surface area contributed by atoms with Crippen molar-refractivity contribution < 1.29 is 9.84 Å². The SMILES string of the molecule is COc1ccc(-n2cnnc2CO)cc1. The molecule has 15 heavy (non-hydrogen) atoms. The van der Waals surface area contributed by atoms with E-state index in [9.17, 15) is 0 Å². The van der Waals surface area contributed by atoms with Gasteiger partial charge in [0, 0.05) is 5.69 Å². The summed E-state index contributed by atoms with van der Waals surface area (Å²) in [5.74, 6) is 1.30. The monoisotopic (exact) mass is 205 g/mol. The number of hydrogen-bond acceptors (Lipinski definition) is 4. The molecule has 0 spiro atoms. The highest BCUT2D eigenvalue weighted by molar-refractivity contribution is 5.37. The first kappa shape index (κ1) is 9.67. The van der Waals surface area contributed by atoms with Crippen molar-refractivity contribution in [3.8, 4) is 11.4 Å². The van der Waals surface area contributed by atoms with Crippen molar-refractivity contribution in [2.24, 2.45) is 0 Å². The van der Waals surface area contributed by atoms with Crippen LogP contribution in [0, 0.1) is 0 Å². The minimum absolute atomic E-state index is 0.133. The van der Waals surface area contributed by atoms with Gasteiger partial charge in [0.15, 0.2) is 5.82 Å². The molecule has 5 nitrogen and oxygen atoms in total. The molecule has 1 aromatic heterocycles. The summed E-state index contributed by atoms with van der Waals surface area (Å²) in [7, 11) is 1.62. The summed E-state index contributed by atoms with van der Waals surface area (Å²) in [6.45, 7) is -0.133. The summed E-state index contributed by atoms with van der Waals surface area (Å²) < 4.78 is 6.77. The maximum absolute atomic E-state index is 9.02. The smallest absolute Gasteiger partial charge is 0.163 e. The van der Waals surface area contributed by atoms with Crippen LogP contribution in [-0.4, -0.2) is 27.0 Å². The standard InChI is InChI=1S/C10H11N3O2/c1-15-9-4-2-8(3-5-9)13-7-11-12-10(13)6-14/h2-5,7,14H,6H2,1H3. The first-order valence-corrected chi connectivity index (χ1v) is 4.49. The third kappa shape index (κ3) is 1.82. The molecular weight excluding hydrogens is 194 g/mol. The number of ether oxygens (including phenoxy) is 1. The summed E-state index contributed by atoms with van der Waals surface area (Å²) in [5.41, 5.74) is 0.893. The Bertz CT molecular complexity index is 436. The van der Waals surface area contributed by atoms with Crippen LogP contribution >= 0.6 is 0 Å². The number of rotatable bonds is 3. The van der Waals surface area contributed by atoms with Crippen molar-refractivity contribution in [1.29, 1.82) is 0 Å². The Morgan fingerprint density at radius 3 is 2.67 bits per heavy atom. The number of nitrogens with zero attached hydrogens (tertiary/aromatic N) is 3.